The van der Waals surface area contributed by atoms with Crippen LogP contribution in [0.1, 0.15) is 38.4 Å². The molecule has 30 heavy (non-hydrogen) atoms. The lowest BCUT2D eigenvalue weighted by molar-refractivity contribution is 0.0694. The number of ether oxygens (including phenoxy) is 2. The predicted octanol–water partition coefficient (Wildman–Crippen LogP) is 4.16. The number of nitrogens with zero attached hydrogens (tertiary/aromatic N) is 1. The summed E-state index contributed by atoms with van der Waals surface area (Å²) in [6.45, 7) is 5.46. The number of aromatic carboxylic acids is 1. The lowest BCUT2D eigenvalue weighted by Crippen LogP contribution is -2.16. The number of methoxy groups -OCH3 is 2. The second kappa shape index (κ2) is 9.50. The van der Waals surface area contributed by atoms with E-state index in [-0.39, 0.29) is 0 Å². The van der Waals surface area contributed by atoms with Crippen molar-refractivity contribution in [3.05, 3.63) is 82.2 Å². The van der Waals surface area contributed by atoms with Gasteiger partial charge in [0.25, 0.3) is 0 Å². The van der Waals surface area contributed by atoms with Crippen molar-refractivity contribution in [3.8, 4) is 11.5 Å². The van der Waals surface area contributed by atoms with Crippen molar-refractivity contribution < 1.29 is 19.4 Å². The molecule has 2 aromatic carbocycles. The van der Waals surface area contributed by atoms with Crippen LogP contribution in [0.5, 0.6) is 11.5 Å². The maximum Gasteiger partial charge on any atom is 0.337 e. The fourth-order valence-corrected chi connectivity index (χ4v) is 3.81. The normalized spacial score (nSPS) is 10.8. The standard InChI is InChI=1S/C24H28N2O4/c1-16-21(14-25-13-19-9-5-6-11-22(19)30-4)23(24(27)28)17(2)26(16)15-18-8-7-10-20(12-18)29-3/h5-12,25H,13-15H2,1-4H3,(H,27,28). The molecule has 0 saturated carbocycles. The van der Waals surface area contributed by atoms with E-state index in [1.54, 1.807) is 14.2 Å². The van der Waals surface area contributed by atoms with E-state index in [0.29, 0.717) is 25.2 Å². The zero-order valence-electron chi connectivity index (χ0n) is 17.9. The van der Waals surface area contributed by atoms with E-state index in [1.807, 2.05) is 62.4 Å². The molecule has 2 N–H and O–H groups in total. The van der Waals surface area contributed by atoms with Crippen molar-refractivity contribution in [1.29, 1.82) is 0 Å². The number of carbonyl (C=O) groups is 1. The Bertz CT molecular complexity index is 1040. The SMILES string of the molecule is COc1cccc(Cn2c(C)c(CNCc3ccccc3OC)c(C(=O)O)c2C)c1. The van der Waals surface area contributed by atoms with Gasteiger partial charge in [-0.1, -0.05) is 30.3 Å². The van der Waals surface area contributed by atoms with Crippen molar-refractivity contribution in [2.24, 2.45) is 0 Å². The summed E-state index contributed by atoms with van der Waals surface area (Å²) in [5.41, 5.74) is 4.95. The zero-order chi connectivity index (χ0) is 21.7. The fraction of sp³-hybridized carbons (Fsp3) is 0.292. The van der Waals surface area contributed by atoms with Crippen molar-refractivity contribution in [2.45, 2.75) is 33.5 Å². The smallest absolute Gasteiger partial charge is 0.337 e. The summed E-state index contributed by atoms with van der Waals surface area (Å²) in [6.07, 6.45) is 0. The molecule has 158 valence electrons. The van der Waals surface area contributed by atoms with Crippen LogP contribution in [0.15, 0.2) is 48.5 Å². The van der Waals surface area contributed by atoms with Gasteiger partial charge in [0.2, 0.25) is 0 Å². The minimum Gasteiger partial charge on any atom is -0.497 e. The van der Waals surface area contributed by atoms with Gasteiger partial charge in [0.15, 0.2) is 0 Å². The number of para-hydroxylation sites is 1. The van der Waals surface area contributed by atoms with E-state index in [1.165, 1.54) is 0 Å². The molecule has 0 atom stereocenters. The van der Waals surface area contributed by atoms with Crippen LogP contribution in [0, 0.1) is 13.8 Å². The Hall–Kier alpha value is -3.25. The van der Waals surface area contributed by atoms with E-state index in [9.17, 15) is 9.90 Å². The highest BCUT2D eigenvalue weighted by Crippen LogP contribution is 2.25. The molecule has 0 bridgehead atoms. The third-order valence-corrected chi connectivity index (χ3v) is 5.41. The van der Waals surface area contributed by atoms with Gasteiger partial charge < -0.3 is 24.5 Å². The van der Waals surface area contributed by atoms with Gasteiger partial charge in [-0.25, -0.2) is 4.79 Å². The van der Waals surface area contributed by atoms with Crippen LogP contribution in [0.4, 0.5) is 0 Å². The predicted molar refractivity (Wildman–Crippen MR) is 116 cm³/mol. The molecular weight excluding hydrogens is 380 g/mol. The molecule has 0 aliphatic rings. The summed E-state index contributed by atoms with van der Waals surface area (Å²) < 4.78 is 12.8. The van der Waals surface area contributed by atoms with Crippen LogP contribution in [-0.4, -0.2) is 29.9 Å². The molecule has 0 aliphatic carbocycles. The van der Waals surface area contributed by atoms with Gasteiger partial charge in [0.05, 0.1) is 19.8 Å². The summed E-state index contributed by atoms with van der Waals surface area (Å²) in [7, 11) is 3.28. The molecule has 3 rings (SSSR count). The Morgan fingerprint density at radius 2 is 1.77 bits per heavy atom. The first-order valence-corrected chi connectivity index (χ1v) is 9.83. The summed E-state index contributed by atoms with van der Waals surface area (Å²) >= 11 is 0. The molecule has 0 spiro atoms. The van der Waals surface area contributed by atoms with E-state index in [4.69, 9.17) is 9.47 Å². The number of nitrogens with one attached hydrogen (secondary N) is 1. The van der Waals surface area contributed by atoms with Crippen LogP contribution in [0.2, 0.25) is 0 Å². The van der Waals surface area contributed by atoms with Crippen molar-refractivity contribution >= 4 is 5.97 Å². The Labute approximate surface area is 177 Å². The van der Waals surface area contributed by atoms with Gasteiger partial charge in [-0.2, -0.15) is 0 Å². The minimum absolute atomic E-state index is 0.364. The van der Waals surface area contributed by atoms with Crippen LogP contribution in [-0.2, 0) is 19.6 Å². The van der Waals surface area contributed by atoms with Gasteiger partial charge in [-0.3, -0.25) is 0 Å². The van der Waals surface area contributed by atoms with Gasteiger partial charge in [0.1, 0.15) is 11.5 Å². The lowest BCUT2D eigenvalue weighted by atomic mass is 10.1. The van der Waals surface area contributed by atoms with Crippen LogP contribution < -0.4 is 14.8 Å². The summed E-state index contributed by atoms with van der Waals surface area (Å²) in [6, 6.07) is 15.6. The largest absolute Gasteiger partial charge is 0.497 e. The second-order valence-electron chi connectivity index (χ2n) is 7.18. The Morgan fingerprint density at radius 1 is 1.00 bits per heavy atom. The van der Waals surface area contributed by atoms with Crippen molar-refractivity contribution in [1.82, 2.24) is 9.88 Å². The zero-order valence-corrected chi connectivity index (χ0v) is 17.9. The topological polar surface area (TPSA) is 72.7 Å². The molecule has 6 heteroatoms. The van der Waals surface area contributed by atoms with Gasteiger partial charge in [-0.05, 0) is 37.6 Å². The van der Waals surface area contributed by atoms with E-state index in [2.05, 4.69) is 9.88 Å². The minimum atomic E-state index is -0.908. The molecule has 0 saturated heterocycles. The number of rotatable bonds is 9. The van der Waals surface area contributed by atoms with Crippen LogP contribution in [0.3, 0.4) is 0 Å². The van der Waals surface area contributed by atoms with E-state index < -0.39 is 5.97 Å². The van der Waals surface area contributed by atoms with Crippen molar-refractivity contribution in [3.63, 3.8) is 0 Å². The third kappa shape index (κ3) is 4.49. The Morgan fingerprint density at radius 3 is 2.47 bits per heavy atom. The third-order valence-electron chi connectivity index (χ3n) is 5.41. The van der Waals surface area contributed by atoms with Gasteiger partial charge in [0, 0.05) is 42.1 Å². The molecule has 1 heterocycles. The molecule has 1 aromatic heterocycles. The maximum atomic E-state index is 12.0. The van der Waals surface area contributed by atoms with Gasteiger partial charge in [-0.15, -0.1) is 0 Å². The quantitative estimate of drug-likeness (QED) is 0.556. The van der Waals surface area contributed by atoms with E-state index in [0.717, 1.165) is 39.6 Å². The average Bonchev–Trinajstić information content (AvgIpc) is 2.98. The molecule has 0 unspecified atom stereocenters. The lowest BCUT2D eigenvalue weighted by Gasteiger charge is -2.12. The highest BCUT2D eigenvalue weighted by atomic mass is 16.5. The first-order chi connectivity index (χ1) is 14.5. The van der Waals surface area contributed by atoms with Gasteiger partial charge >= 0.3 is 5.97 Å². The van der Waals surface area contributed by atoms with Crippen LogP contribution >= 0.6 is 0 Å². The maximum absolute atomic E-state index is 12.0. The number of carboxylic acids is 1. The number of aromatic nitrogens is 1. The molecule has 0 radical (unpaired) electrons. The fourth-order valence-electron chi connectivity index (χ4n) is 3.81. The Balaban J connectivity index is 1.85. The molecule has 0 aliphatic heterocycles. The van der Waals surface area contributed by atoms with Crippen LogP contribution in [0.25, 0.3) is 0 Å². The van der Waals surface area contributed by atoms with E-state index >= 15 is 0 Å². The Kier molecular flexibility index (Phi) is 6.79. The number of carboxylic acid groups (broad SMARTS) is 1. The highest BCUT2D eigenvalue weighted by Gasteiger charge is 2.22. The molecule has 0 fully saturated rings. The average molecular weight is 408 g/mol. The summed E-state index contributed by atoms with van der Waals surface area (Å²) in [5.74, 6) is 0.688. The molecule has 0 amide bonds. The van der Waals surface area contributed by atoms with Crippen molar-refractivity contribution in [2.75, 3.05) is 14.2 Å². The first kappa shape index (κ1) is 21.5. The second-order valence-corrected chi connectivity index (χ2v) is 7.18. The summed E-state index contributed by atoms with van der Waals surface area (Å²) in [5, 5.41) is 13.2. The molecule has 3 aromatic rings. The number of hydrogen-bond donors (Lipinski definition) is 2. The summed E-state index contributed by atoms with van der Waals surface area (Å²) in [4.78, 5) is 12.0. The monoisotopic (exact) mass is 408 g/mol. The number of hydrogen-bond acceptors (Lipinski definition) is 4. The first-order valence-electron chi connectivity index (χ1n) is 9.83. The molecule has 6 nitrogen and oxygen atoms in total. The number of benzene rings is 2. The highest BCUT2D eigenvalue weighted by molar-refractivity contribution is 5.91. The molecular formula is C24H28N2O4.